The zero-order valence-corrected chi connectivity index (χ0v) is 25.4. The van der Waals surface area contributed by atoms with Gasteiger partial charge in [-0.2, -0.15) is 4.98 Å². The molecular formula is C21H26BFN10O11P2. The molecule has 3 fully saturated rings. The van der Waals surface area contributed by atoms with Crippen LogP contribution in [-0.4, -0.2) is 107 Å². The Morgan fingerprint density at radius 1 is 0.978 bits per heavy atom. The maximum absolute atomic E-state index is 16.0. The van der Waals surface area contributed by atoms with Gasteiger partial charge in [-0.1, -0.05) is 0 Å². The van der Waals surface area contributed by atoms with Gasteiger partial charge in [0.1, 0.15) is 30.2 Å². The first-order valence-electron chi connectivity index (χ1n) is 13.6. The Balaban J connectivity index is 1.22. The number of aromatic amines is 1. The van der Waals surface area contributed by atoms with Gasteiger partial charge in [-0.25, -0.2) is 28.9 Å². The summed E-state index contributed by atoms with van der Waals surface area (Å²) in [4.78, 5) is 45.5. The molecule has 0 saturated carbocycles. The van der Waals surface area contributed by atoms with Gasteiger partial charge in [0, 0.05) is 5.92 Å². The van der Waals surface area contributed by atoms with E-state index in [1.54, 1.807) is 0 Å². The summed E-state index contributed by atoms with van der Waals surface area (Å²) < 4.78 is 79.3. The van der Waals surface area contributed by atoms with Crippen LogP contribution in [0.5, 0.6) is 0 Å². The second-order valence-electron chi connectivity index (χ2n) is 10.8. The van der Waals surface area contributed by atoms with Crippen molar-refractivity contribution in [1.82, 2.24) is 39.0 Å². The first kappa shape index (κ1) is 31.2. The Morgan fingerprint density at radius 2 is 1.67 bits per heavy atom. The number of aromatic nitrogens is 8. The monoisotopic (exact) mass is 686 g/mol. The van der Waals surface area contributed by atoms with Crippen molar-refractivity contribution < 1.29 is 51.1 Å². The number of aliphatic hydroxyl groups is 1. The van der Waals surface area contributed by atoms with Crippen LogP contribution in [0.25, 0.3) is 22.3 Å². The van der Waals surface area contributed by atoms with Crippen molar-refractivity contribution in [3.63, 3.8) is 0 Å². The quantitative estimate of drug-likeness (QED) is 0.121. The normalized spacial score (nSPS) is 37.1. The molecule has 0 aliphatic carbocycles. The molecule has 21 nitrogen and oxygen atoms in total. The number of hydrogen-bond donors (Lipinski definition) is 5. The highest BCUT2D eigenvalue weighted by Gasteiger charge is 2.54. The van der Waals surface area contributed by atoms with Gasteiger partial charge in [-0.05, 0) is 0 Å². The summed E-state index contributed by atoms with van der Waals surface area (Å²) in [7, 11) is -8.05. The van der Waals surface area contributed by atoms with E-state index in [1.165, 1.54) is 21.8 Å². The summed E-state index contributed by atoms with van der Waals surface area (Å²) in [6.07, 6.45) is -6.99. The molecular weight excluding hydrogens is 660 g/mol. The van der Waals surface area contributed by atoms with Crippen molar-refractivity contribution in [2.75, 3.05) is 31.3 Å². The topological polar surface area (TPSA) is 289 Å². The SMILES string of the molecule is B[P@]1(=O)OC[C@H]2OC(n3cnc4c(N)ncnc43)[C@@H](F)[C@H]2OP(=O)(O)OCC2O[C@@H](n3cnc4c(=O)[nH]c(N)nc43)[C@@H](O1)[C@H]2CO. The van der Waals surface area contributed by atoms with Gasteiger partial charge in [0.15, 0.2) is 41.3 Å². The molecule has 0 aromatic carbocycles. The minimum Gasteiger partial charge on any atom is -0.396 e. The molecule has 0 amide bonds. The number of phosphoric acid groups is 1. The van der Waals surface area contributed by atoms with E-state index in [0.717, 1.165) is 13.9 Å². The number of nitrogen functional groups attached to an aromatic ring is 2. The highest BCUT2D eigenvalue weighted by Crippen LogP contribution is 2.54. The van der Waals surface area contributed by atoms with Crippen LogP contribution in [0.2, 0.25) is 0 Å². The fraction of sp³-hybridized carbons (Fsp3) is 0.524. The van der Waals surface area contributed by atoms with Gasteiger partial charge in [0.25, 0.3) is 20.6 Å². The molecule has 10 atom stereocenters. The van der Waals surface area contributed by atoms with Crippen molar-refractivity contribution in [2.24, 2.45) is 5.92 Å². The highest BCUT2D eigenvalue weighted by molar-refractivity contribution is 7.79. The van der Waals surface area contributed by atoms with Gasteiger partial charge in [0.05, 0.1) is 38.6 Å². The lowest BCUT2D eigenvalue weighted by atomic mass is 9.99. The molecule has 7 rings (SSSR count). The molecule has 0 radical (unpaired) electrons. The van der Waals surface area contributed by atoms with E-state index in [4.69, 9.17) is 39.0 Å². The summed E-state index contributed by atoms with van der Waals surface area (Å²) >= 11 is 0. The Hall–Kier alpha value is -3.37. The van der Waals surface area contributed by atoms with Gasteiger partial charge in [-0.3, -0.25) is 32.5 Å². The van der Waals surface area contributed by atoms with Crippen molar-refractivity contribution in [1.29, 1.82) is 0 Å². The molecule has 7 heterocycles. The number of fused-ring (bicyclic) bond motifs is 5. The first-order chi connectivity index (χ1) is 21.9. The number of phosphoric ester groups is 1. The number of aliphatic hydroxyl groups excluding tert-OH is 1. The average Bonchev–Trinajstić information content (AvgIpc) is 3.75. The summed E-state index contributed by atoms with van der Waals surface area (Å²) in [5, 5.41) is 10.3. The van der Waals surface area contributed by atoms with Crippen LogP contribution in [0.15, 0.2) is 23.8 Å². The van der Waals surface area contributed by atoms with Crippen LogP contribution in [0.1, 0.15) is 12.5 Å². The Labute approximate surface area is 256 Å². The number of H-pyrrole nitrogens is 1. The van der Waals surface area contributed by atoms with Crippen molar-refractivity contribution in [3.05, 3.63) is 29.3 Å². The molecule has 3 unspecified atom stereocenters. The largest absolute Gasteiger partial charge is 0.472 e. The van der Waals surface area contributed by atoms with E-state index >= 15 is 4.39 Å². The molecule has 25 heteroatoms. The zero-order valence-electron chi connectivity index (χ0n) is 23.6. The van der Waals surface area contributed by atoms with E-state index in [0.29, 0.717) is 0 Å². The van der Waals surface area contributed by atoms with E-state index in [1.807, 2.05) is 0 Å². The summed E-state index contributed by atoms with van der Waals surface area (Å²) in [6.45, 7) is -1.95. The van der Waals surface area contributed by atoms with Gasteiger partial charge in [0.2, 0.25) is 5.95 Å². The predicted octanol–water partition coefficient (Wildman–Crippen LogP) is -1.48. The van der Waals surface area contributed by atoms with Gasteiger partial charge in [-0.15, -0.1) is 0 Å². The molecule has 2 bridgehead atoms. The van der Waals surface area contributed by atoms with Crippen LogP contribution >= 0.6 is 15.3 Å². The highest BCUT2D eigenvalue weighted by atomic mass is 31.2. The maximum Gasteiger partial charge on any atom is 0.472 e. The number of alkyl halides is 1. The number of imidazole rings is 2. The molecule has 46 heavy (non-hydrogen) atoms. The second-order valence-corrected chi connectivity index (χ2v) is 14.2. The maximum atomic E-state index is 16.0. The molecule has 4 aromatic heterocycles. The second kappa shape index (κ2) is 11.4. The van der Waals surface area contributed by atoms with Gasteiger partial charge >= 0.3 is 7.82 Å². The molecule has 3 saturated heterocycles. The smallest absolute Gasteiger partial charge is 0.396 e. The van der Waals surface area contributed by atoms with E-state index in [-0.39, 0.29) is 34.1 Å². The Bertz CT molecular complexity index is 1960. The first-order valence-corrected chi connectivity index (χ1v) is 17.1. The van der Waals surface area contributed by atoms with Crippen LogP contribution in [0.3, 0.4) is 0 Å². The molecule has 3 aliphatic heterocycles. The average molecular weight is 686 g/mol. The van der Waals surface area contributed by atoms with Crippen LogP contribution in [0, 0.1) is 5.92 Å². The number of rotatable bonds is 3. The Morgan fingerprint density at radius 3 is 2.43 bits per heavy atom. The molecule has 7 N–H and O–H groups in total. The van der Waals surface area contributed by atoms with Crippen molar-refractivity contribution in [3.8, 4) is 0 Å². The molecule has 4 aromatic rings. The lowest BCUT2D eigenvalue weighted by Crippen LogP contribution is -2.34. The number of hydrogen-bond acceptors (Lipinski definition) is 17. The van der Waals surface area contributed by atoms with Crippen LogP contribution in [-0.2, 0) is 36.7 Å². The third-order valence-corrected chi connectivity index (χ3v) is 10.0. The standard InChI is InChI=1S/C21H26BFN10O11P2/c22-45(36)39-3-9-14(10(23)19(42-9)32-5-28-11-15(24)26-4-27-16(11)32)44-46(37,38)40-2-8-7(1-34)13(43-45)20(41-8)33-6-29-12-17(33)30-21(25)31-18(12)35/h4-10,13-14,19-20,34H,1-3,22H2,(H,37,38)(H2,24,26,27)(H3,25,30,31,35)/t7-,8?,9+,10-,13-,14-,19?,20+,45-/m0/s1. The fourth-order valence-corrected chi connectivity index (χ4v) is 7.83. The number of nitrogens with zero attached hydrogens (tertiary/aromatic N) is 7. The van der Waals surface area contributed by atoms with E-state index in [2.05, 4.69) is 29.9 Å². The number of nitrogens with one attached hydrogen (secondary N) is 1. The van der Waals surface area contributed by atoms with E-state index < -0.39 is 89.6 Å². The van der Waals surface area contributed by atoms with Crippen LogP contribution < -0.4 is 17.0 Å². The van der Waals surface area contributed by atoms with Crippen molar-refractivity contribution in [2.45, 2.75) is 43.0 Å². The zero-order chi connectivity index (χ0) is 32.5. The molecule has 0 spiro atoms. The number of ether oxygens (including phenoxy) is 2. The lowest BCUT2D eigenvalue weighted by Gasteiger charge is -2.28. The minimum absolute atomic E-state index is 0.0245. The van der Waals surface area contributed by atoms with E-state index in [9.17, 15) is 23.9 Å². The van der Waals surface area contributed by atoms with Gasteiger partial charge < -0.3 is 40.0 Å². The summed E-state index contributed by atoms with van der Waals surface area (Å²) in [5.74, 6) is -1.23. The summed E-state index contributed by atoms with van der Waals surface area (Å²) in [5.41, 5.74) is 11.1. The minimum atomic E-state index is -5.06. The van der Waals surface area contributed by atoms with Crippen LogP contribution in [0.4, 0.5) is 16.2 Å². The fourth-order valence-electron chi connectivity index (χ4n) is 5.69. The third kappa shape index (κ3) is 5.41. The number of anilines is 2. The number of halogens is 1. The number of nitrogens with two attached hydrogens (primary N) is 2. The lowest BCUT2D eigenvalue weighted by molar-refractivity contribution is -0.0613. The summed E-state index contributed by atoms with van der Waals surface area (Å²) in [6, 6.07) is 0. The van der Waals surface area contributed by atoms with Crippen molar-refractivity contribution >= 4 is 57.0 Å². The third-order valence-electron chi connectivity index (χ3n) is 7.80. The Kier molecular flexibility index (Phi) is 7.75. The molecule has 3 aliphatic rings. The predicted molar refractivity (Wildman–Crippen MR) is 153 cm³/mol. The molecule has 246 valence electrons.